The monoisotopic (exact) mass is 157 g/mol. The Morgan fingerprint density at radius 1 is 1.73 bits per heavy atom. The van der Waals surface area contributed by atoms with Gasteiger partial charge in [-0.15, -0.1) is 0 Å². The summed E-state index contributed by atoms with van der Waals surface area (Å²) in [5.41, 5.74) is 1.00. The van der Waals surface area contributed by atoms with E-state index in [4.69, 9.17) is 0 Å². The quantitative estimate of drug-likeness (QED) is 0.482. The molecule has 0 aromatic carbocycles. The van der Waals surface area contributed by atoms with Crippen molar-refractivity contribution in [3.63, 3.8) is 0 Å². The van der Waals surface area contributed by atoms with E-state index in [9.17, 15) is 4.79 Å². The van der Waals surface area contributed by atoms with Gasteiger partial charge in [-0.3, -0.25) is 4.79 Å². The summed E-state index contributed by atoms with van der Waals surface area (Å²) >= 11 is 0. The number of ether oxygens (including phenoxy) is 1. The minimum Gasteiger partial charge on any atom is -0.468 e. The summed E-state index contributed by atoms with van der Waals surface area (Å²) in [5, 5.41) is 2.96. The van der Waals surface area contributed by atoms with Crippen molar-refractivity contribution < 1.29 is 9.53 Å². The van der Waals surface area contributed by atoms with Crippen molar-refractivity contribution in [2.24, 2.45) is 0 Å². The van der Waals surface area contributed by atoms with Gasteiger partial charge in [-0.05, 0) is 13.8 Å². The molecule has 0 aliphatic carbocycles. The van der Waals surface area contributed by atoms with Gasteiger partial charge in [-0.1, -0.05) is 12.2 Å². The molecule has 0 aromatic heterocycles. The van der Waals surface area contributed by atoms with E-state index >= 15 is 0 Å². The van der Waals surface area contributed by atoms with Crippen LogP contribution in [0, 0.1) is 0 Å². The van der Waals surface area contributed by atoms with Crippen molar-refractivity contribution in [3.05, 3.63) is 12.2 Å². The molecule has 3 heteroatoms. The van der Waals surface area contributed by atoms with Gasteiger partial charge in [-0.25, -0.2) is 0 Å². The zero-order valence-electron chi connectivity index (χ0n) is 7.31. The van der Waals surface area contributed by atoms with Gasteiger partial charge in [0.2, 0.25) is 0 Å². The lowest BCUT2D eigenvalue weighted by molar-refractivity contribution is -0.142. The second-order valence-corrected chi connectivity index (χ2v) is 2.58. The number of nitrogens with one attached hydrogen (secondary N) is 1. The van der Waals surface area contributed by atoms with Crippen molar-refractivity contribution >= 4 is 5.97 Å². The summed E-state index contributed by atoms with van der Waals surface area (Å²) in [5.74, 6) is -0.244. The first kappa shape index (κ1) is 10.2. The number of methoxy groups -OCH3 is 1. The molecule has 0 unspecified atom stereocenters. The van der Waals surface area contributed by atoms with Crippen LogP contribution in [0.1, 0.15) is 13.8 Å². The number of carbonyl (C=O) groups is 1. The highest BCUT2D eigenvalue weighted by Gasteiger charge is 2.10. The molecule has 0 spiro atoms. The Morgan fingerprint density at radius 3 is 2.64 bits per heavy atom. The molecule has 0 radical (unpaired) electrons. The minimum atomic E-state index is -0.253. The number of carbonyl (C=O) groups excluding carboxylic acids is 1. The van der Waals surface area contributed by atoms with Gasteiger partial charge < -0.3 is 10.1 Å². The van der Waals surface area contributed by atoms with E-state index in [2.05, 4.69) is 16.6 Å². The van der Waals surface area contributed by atoms with Crippen LogP contribution in [0.5, 0.6) is 0 Å². The van der Waals surface area contributed by atoms with E-state index in [1.54, 1.807) is 6.92 Å². The topological polar surface area (TPSA) is 38.3 Å². The number of esters is 1. The third kappa shape index (κ3) is 4.56. The van der Waals surface area contributed by atoms with Crippen LogP contribution >= 0.6 is 0 Å². The average Bonchev–Trinajstić information content (AvgIpc) is 1.98. The zero-order valence-corrected chi connectivity index (χ0v) is 7.31. The highest BCUT2D eigenvalue weighted by molar-refractivity contribution is 5.75. The van der Waals surface area contributed by atoms with Gasteiger partial charge in [0.25, 0.3) is 0 Å². The standard InChI is InChI=1S/C8H15NO2/c1-6(2)5-9-7(3)8(10)11-4/h7,9H,1,5H2,2-4H3/t7-/m0/s1. The Bertz CT molecular complexity index is 154. The Labute approximate surface area is 67.4 Å². The maximum atomic E-state index is 10.8. The lowest BCUT2D eigenvalue weighted by Crippen LogP contribution is -2.35. The van der Waals surface area contributed by atoms with Crippen LogP contribution < -0.4 is 5.32 Å². The Balaban J connectivity index is 3.60. The summed E-state index contributed by atoms with van der Waals surface area (Å²) in [6.07, 6.45) is 0. The van der Waals surface area contributed by atoms with Crippen molar-refractivity contribution in [2.45, 2.75) is 19.9 Å². The summed E-state index contributed by atoms with van der Waals surface area (Å²) in [6, 6.07) is -0.253. The van der Waals surface area contributed by atoms with Crippen LogP contribution in [0.4, 0.5) is 0 Å². The van der Waals surface area contributed by atoms with Crippen LogP contribution in [-0.4, -0.2) is 25.7 Å². The SMILES string of the molecule is C=C(C)CN[C@@H](C)C(=O)OC. The number of hydrogen-bond acceptors (Lipinski definition) is 3. The van der Waals surface area contributed by atoms with E-state index in [1.165, 1.54) is 7.11 Å². The molecule has 1 N–H and O–H groups in total. The highest BCUT2D eigenvalue weighted by Crippen LogP contribution is 1.88. The number of hydrogen-bond donors (Lipinski definition) is 1. The van der Waals surface area contributed by atoms with Gasteiger partial charge in [0.15, 0.2) is 0 Å². The van der Waals surface area contributed by atoms with Crippen molar-refractivity contribution in [1.82, 2.24) is 5.32 Å². The molecule has 0 saturated carbocycles. The van der Waals surface area contributed by atoms with Crippen LogP contribution in [0.2, 0.25) is 0 Å². The maximum Gasteiger partial charge on any atom is 0.322 e. The van der Waals surface area contributed by atoms with Gasteiger partial charge in [0.05, 0.1) is 7.11 Å². The third-order valence-electron chi connectivity index (χ3n) is 1.26. The summed E-state index contributed by atoms with van der Waals surface area (Å²) < 4.78 is 4.51. The molecule has 0 saturated heterocycles. The fraction of sp³-hybridized carbons (Fsp3) is 0.625. The smallest absolute Gasteiger partial charge is 0.322 e. The molecular formula is C8H15NO2. The predicted molar refractivity (Wildman–Crippen MR) is 44.3 cm³/mol. The average molecular weight is 157 g/mol. The Kier molecular flexibility index (Phi) is 4.54. The van der Waals surface area contributed by atoms with Crippen molar-refractivity contribution in [2.75, 3.05) is 13.7 Å². The van der Waals surface area contributed by atoms with E-state index < -0.39 is 0 Å². The van der Waals surface area contributed by atoms with Gasteiger partial charge in [0, 0.05) is 6.54 Å². The minimum absolute atomic E-state index is 0.244. The van der Waals surface area contributed by atoms with Gasteiger partial charge in [-0.2, -0.15) is 0 Å². The molecule has 0 amide bonds. The predicted octanol–water partition coefficient (Wildman–Crippen LogP) is 0.714. The first-order valence-corrected chi connectivity index (χ1v) is 3.53. The third-order valence-corrected chi connectivity index (χ3v) is 1.26. The van der Waals surface area contributed by atoms with Crippen LogP contribution in [0.15, 0.2) is 12.2 Å². The molecule has 1 atom stereocenters. The molecular weight excluding hydrogens is 142 g/mol. The first-order chi connectivity index (χ1) is 5.07. The van der Waals surface area contributed by atoms with Crippen LogP contribution in [0.25, 0.3) is 0 Å². The second kappa shape index (κ2) is 4.91. The van der Waals surface area contributed by atoms with E-state index in [0.29, 0.717) is 6.54 Å². The lowest BCUT2D eigenvalue weighted by Gasteiger charge is -2.10. The van der Waals surface area contributed by atoms with Gasteiger partial charge >= 0.3 is 5.97 Å². The molecule has 11 heavy (non-hydrogen) atoms. The second-order valence-electron chi connectivity index (χ2n) is 2.58. The normalized spacial score (nSPS) is 12.3. The van der Waals surface area contributed by atoms with Crippen molar-refractivity contribution in [1.29, 1.82) is 0 Å². The molecule has 3 nitrogen and oxygen atoms in total. The van der Waals surface area contributed by atoms with E-state index in [1.807, 2.05) is 6.92 Å². The maximum absolute atomic E-state index is 10.8. The first-order valence-electron chi connectivity index (χ1n) is 3.53. The molecule has 0 aromatic rings. The molecule has 0 rings (SSSR count). The fourth-order valence-corrected chi connectivity index (χ4v) is 0.587. The Hall–Kier alpha value is -0.830. The molecule has 0 bridgehead atoms. The van der Waals surface area contributed by atoms with Crippen LogP contribution in [-0.2, 0) is 9.53 Å². The molecule has 0 aliphatic heterocycles. The molecule has 64 valence electrons. The summed E-state index contributed by atoms with van der Waals surface area (Å²) in [6.45, 7) is 8.01. The summed E-state index contributed by atoms with van der Waals surface area (Å²) in [4.78, 5) is 10.8. The van der Waals surface area contributed by atoms with E-state index in [0.717, 1.165) is 5.57 Å². The fourth-order valence-electron chi connectivity index (χ4n) is 0.587. The van der Waals surface area contributed by atoms with E-state index in [-0.39, 0.29) is 12.0 Å². The van der Waals surface area contributed by atoms with Crippen LogP contribution in [0.3, 0.4) is 0 Å². The lowest BCUT2D eigenvalue weighted by atomic mass is 10.3. The molecule has 0 heterocycles. The van der Waals surface area contributed by atoms with Gasteiger partial charge in [0.1, 0.15) is 6.04 Å². The zero-order chi connectivity index (χ0) is 8.85. The van der Waals surface area contributed by atoms with Crippen molar-refractivity contribution in [3.8, 4) is 0 Å². The molecule has 0 aliphatic rings. The summed E-state index contributed by atoms with van der Waals surface area (Å²) in [7, 11) is 1.38. The molecule has 0 fully saturated rings. The number of rotatable bonds is 4. The highest BCUT2D eigenvalue weighted by atomic mass is 16.5. The largest absolute Gasteiger partial charge is 0.468 e. The Morgan fingerprint density at radius 2 is 2.27 bits per heavy atom.